The van der Waals surface area contributed by atoms with Crippen LogP contribution in [0.15, 0.2) is 72.9 Å². The number of hydrogen-bond donors (Lipinski definition) is 4. The van der Waals surface area contributed by atoms with Crippen LogP contribution in [-0.2, 0) is 23.6 Å². The molecule has 1 aliphatic rings. The summed E-state index contributed by atoms with van der Waals surface area (Å²) in [5, 5.41) is 19.2. The molecule has 4 N–H and O–H groups in total. The molecule has 0 radical (unpaired) electrons. The van der Waals surface area contributed by atoms with Crippen molar-refractivity contribution in [3.63, 3.8) is 0 Å². The van der Waals surface area contributed by atoms with E-state index >= 15 is 0 Å². The van der Waals surface area contributed by atoms with Crippen molar-refractivity contribution in [3.8, 4) is 11.4 Å². The first kappa shape index (κ1) is 34.3. The highest BCUT2D eigenvalue weighted by Crippen LogP contribution is 2.32. The second-order valence-electron chi connectivity index (χ2n) is 11.8. The Bertz CT molecular complexity index is 1960. The van der Waals surface area contributed by atoms with Crippen molar-refractivity contribution in [2.75, 3.05) is 24.2 Å². The van der Waals surface area contributed by atoms with Crippen LogP contribution in [0.3, 0.4) is 0 Å². The first-order valence-electron chi connectivity index (χ1n) is 15.8. The van der Waals surface area contributed by atoms with Crippen LogP contribution in [0.1, 0.15) is 34.3 Å². The van der Waals surface area contributed by atoms with Gasteiger partial charge in [0.2, 0.25) is 5.95 Å². The molecule has 3 aromatic carbocycles. The molecule has 1 amide bonds. The van der Waals surface area contributed by atoms with Gasteiger partial charge in [-0.25, -0.2) is 23.5 Å². The molecule has 0 spiro atoms. The molecular formula is C35H34ClF2N7O3S. The van der Waals surface area contributed by atoms with E-state index < -0.39 is 29.6 Å². The average molecular weight is 706 g/mol. The summed E-state index contributed by atoms with van der Waals surface area (Å²) >= 11 is 8.22. The summed E-state index contributed by atoms with van der Waals surface area (Å²) in [5.74, 6) is -1.57. The van der Waals surface area contributed by atoms with Crippen molar-refractivity contribution in [3.05, 3.63) is 106 Å². The van der Waals surface area contributed by atoms with Crippen LogP contribution in [-0.4, -0.2) is 61.4 Å². The summed E-state index contributed by atoms with van der Waals surface area (Å²) in [5.41, 5.74) is 3.49. The Kier molecular flexibility index (Phi) is 11.0. The summed E-state index contributed by atoms with van der Waals surface area (Å²) in [4.78, 5) is 39.1. The van der Waals surface area contributed by atoms with Gasteiger partial charge in [0.15, 0.2) is 17.3 Å². The third-order valence-corrected chi connectivity index (χ3v) is 9.65. The molecule has 254 valence electrons. The molecule has 0 unspecified atom stereocenters. The van der Waals surface area contributed by atoms with E-state index in [1.165, 1.54) is 23.9 Å². The number of hydrogen-bond acceptors (Lipinski definition) is 8. The Morgan fingerprint density at radius 2 is 1.90 bits per heavy atom. The predicted molar refractivity (Wildman–Crippen MR) is 187 cm³/mol. The molecule has 3 heterocycles. The minimum atomic E-state index is -1.12. The molecule has 0 bridgehead atoms. The number of rotatable bonds is 13. The number of imidazole rings is 1. The topological polar surface area (TPSA) is 134 Å². The highest BCUT2D eigenvalue weighted by Gasteiger charge is 2.24. The van der Waals surface area contributed by atoms with Crippen LogP contribution >= 0.6 is 23.4 Å². The van der Waals surface area contributed by atoms with Crippen LogP contribution in [0.4, 0.5) is 14.7 Å². The van der Waals surface area contributed by atoms with Crippen molar-refractivity contribution in [1.29, 1.82) is 0 Å². The summed E-state index contributed by atoms with van der Waals surface area (Å²) in [7, 11) is 0. The molecule has 10 nitrogen and oxygen atoms in total. The quantitative estimate of drug-likeness (QED) is 0.114. The van der Waals surface area contributed by atoms with E-state index in [2.05, 4.69) is 20.9 Å². The number of aliphatic carboxylic acids is 1. The maximum atomic E-state index is 13.7. The monoisotopic (exact) mass is 705 g/mol. The highest BCUT2D eigenvalue weighted by molar-refractivity contribution is 7.98. The fourth-order valence-corrected chi connectivity index (χ4v) is 6.95. The van der Waals surface area contributed by atoms with Crippen molar-refractivity contribution in [1.82, 2.24) is 30.2 Å². The van der Waals surface area contributed by atoms with Gasteiger partial charge in [0, 0.05) is 35.7 Å². The number of thioether (sulfide) groups is 1. The fraction of sp³-hybridized carbons (Fsp3) is 0.286. The molecule has 6 rings (SSSR count). The van der Waals surface area contributed by atoms with Crippen LogP contribution in [0, 0.1) is 17.6 Å². The molecule has 14 heteroatoms. The number of aromatic nitrogens is 4. The van der Waals surface area contributed by atoms with Crippen molar-refractivity contribution < 1.29 is 23.5 Å². The van der Waals surface area contributed by atoms with Crippen molar-refractivity contribution in [2.24, 2.45) is 5.92 Å². The Hall–Kier alpha value is -4.59. The lowest BCUT2D eigenvalue weighted by Crippen LogP contribution is -2.42. The van der Waals surface area contributed by atoms with Gasteiger partial charge in [0.1, 0.15) is 17.4 Å². The number of carboxylic acid groups (broad SMARTS) is 1. The summed E-state index contributed by atoms with van der Waals surface area (Å²) in [6, 6.07) is 17.1. The maximum absolute atomic E-state index is 13.7. The largest absolute Gasteiger partial charge is 0.480 e. The van der Waals surface area contributed by atoms with Gasteiger partial charge in [-0.1, -0.05) is 48.0 Å². The van der Waals surface area contributed by atoms with Gasteiger partial charge < -0.3 is 25.6 Å². The molecule has 5 aromatic rings. The van der Waals surface area contributed by atoms with Crippen LogP contribution < -0.4 is 16.0 Å². The zero-order valence-corrected chi connectivity index (χ0v) is 27.9. The van der Waals surface area contributed by atoms with Crippen LogP contribution in [0.2, 0.25) is 5.02 Å². The Balaban J connectivity index is 1.22. The third kappa shape index (κ3) is 8.53. The van der Waals surface area contributed by atoms with E-state index in [0.717, 1.165) is 43.6 Å². The Morgan fingerprint density at radius 1 is 1.06 bits per heavy atom. The van der Waals surface area contributed by atoms with Gasteiger partial charge in [-0.15, -0.1) is 0 Å². The van der Waals surface area contributed by atoms with Gasteiger partial charge in [0.05, 0.1) is 11.2 Å². The molecule has 2 aromatic heterocycles. The first-order chi connectivity index (χ1) is 23.7. The van der Waals surface area contributed by atoms with Crippen LogP contribution in [0.5, 0.6) is 0 Å². The lowest BCUT2D eigenvalue weighted by molar-refractivity contribution is -0.138. The summed E-state index contributed by atoms with van der Waals surface area (Å²) < 4.78 is 29.1. The summed E-state index contributed by atoms with van der Waals surface area (Å²) in [6.07, 6.45) is 3.64. The van der Waals surface area contributed by atoms with Gasteiger partial charge in [-0.3, -0.25) is 4.79 Å². The zero-order chi connectivity index (χ0) is 34.3. The van der Waals surface area contributed by atoms with Crippen molar-refractivity contribution >= 4 is 52.4 Å². The maximum Gasteiger partial charge on any atom is 0.327 e. The molecular weight excluding hydrogens is 672 g/mol. The third-order valence-electron chi connectivity index (χ3n) is 8.23. The van der Waals surface area contributed by atoms with E-state index in [4.69, 9.17) is 21.6 Å². The lowest BCUT2D eigenvalue weighted by Gasteiger charge is -2.24. The van der Waals surface area contributed by atoms with Gasteiger partial charge >= 0.3 is 5.97 Å². The number of fused-ring (bicyclic) bond motifs is 1. The number of carbonyl (C=O) groups is 2. The number of nitrogens with one attached hydrogen (secondary N) is 3. The molecule has 2 atom stereocenters. The molecule has 49 heavy (non-hydrogen) atoms. The smallest absolute Gasteiger partial charge is 0.327 e. The molecule has 1 saturated heterocycles. The standard InChI is InChI=1S/C35H34ClF2N7O3S/c36-26-14-24(33(46)43-30(34(47)48)20-49-19-21-5-2-1-3-6-21)9-10-25(26)31-42-29-17-41-35(40-16-22-8-11-27(37)28(38)13-22)44-32(29)45(31)18-23-7-4-12-39-15-23/h1-3,5-6,8-11,13-14,17,23,30,39H,4,7,12,15-16,18-20H2,(H,43,46)(H,47,48)(H,40,41,44)/t23-,30+/m1/s1. The Morgan fingerprint density at radius 3 is 2.63 bits per heavy atom. The number of nitrogens with zero attached hydrogens (tertiary/aromatic N) is 4. The number of carbonyl (C=O) groups excluding carboxylic acids is 1. The zero-order valence-electron chi connectivity index (χ0n) is 26.3. The van der Waals surface area contributed by atoms with E-state index in [1.807, 2.05) is 34.9 Å². The van der Waals surface area contributed by atoms with Gasteiger partial charge in [-0.05, 0) is 73.3 Å². The van der Waals surface area contributed by atoms with E-state index in [1.54, 1.807) is 18.3 Å². The number of piperidine rings is 1. The lowest BCUT2D eigenvalue weighted by atomic mass is 9.99. The molecule has 0 aliphatic carbocycles. The highest BCUT2D eigenvalue weighted by atomic mass is 35.5. The van der Waals surface area contributed by atoms with Crippen LogP contribution in [0.25, 0.3) is 22.6 Å². The fourth-order valence-electron chi connectivity index (χ4n) is 5.67. The first-order valence-corrected chi connectivity index (χ1v) is 17.4. The molecule has 1 aliphatic heterocycles. The summed E-state index contributed by atoms with van der Waals surface area (Å²) in [6.45, 7) is 2.56. The number of halogens is 3. The molecule has 0 saturated carbocycles. The number of benzene rings is 3. The normalized spacial score (nSPS) is 15.2. The Labute approximate surface area is 290 Å². The second kappa shape index (κ2) is 15.7. The van der Waals surface area contributed by atoms with E-state index in [0.29, 0.717) is 52.3 Å². The van der Waals surface area contributed by atoms with Crippen molar-refractivity contribution in [2.45, 2.75) is 37.7 Å². The molecule has 1 fully saturated rings. The SMILES string of the molecule is O=C(N[C@@H](CSCc1ccccc1)C(=O)O)c1ccc(-c2nc3cnc(NCc4ccc(F)c(F)c4)nc3n2C[C@@H]2CCCNC2)c(Cl)c1. The minimum Gasteiger partial charge on any atom is -0.480 e. The number of anilines is 1. The second-order valence-corrected chi connectivity index (χ2v) is 13.3. The number of carboxylic acids is 1. The van der Waals surface area contributed by atoms with E-state index in [-0.39, 0.29) is 22.9 Å². The number of amides is 1. The van der Waals surface area contributed by atoms with E-state index in [9.17, 15) is 23.5 Å². The predicted octanol–water partition coefficient (Wildman–Crippen LogP) is 6.15. The van der Waals surface area contributed by atoms with Gasteiger partial charge in [0.25, 0.3) is 5.91 Å². The average Bonchev–Trinajstić information content (AvgIpc) is 3.45. The van der Waals surface area contributed by atoms with Gasteiger partial charge in [-0.2, -0.15) is 16.7 Å². The minimum absolute atomic E-state index is 0.181.